The Hall–Kier alpha value is -2.90. The van der Waals surface area contributed by atoms with Crippen molar-refractivity contribution in [3.63, 3.8) is 0 Å². The fraction of sp³-hybridized carbons (Fsp3) is 0.278. The summed E-state index contributed by atoms with van der Waals surface area (Å²) in [4.78, 5) is 15.9. The van der Waals surface area contributed by atoms with Crippen LogP contribution in [0.25, 0.3) is 16.9 Å². The molecule has 3 rings (SSSR count). The van der Waals surface area contributed by atoms with Crippen LogP contribution in [0, 0.1) is 0 Å². The molecule has 8 heteroatoms. The molecule has 2 heterocycles. The van der Waals surface area contributed by atoms with Crippen LogP contribution >= 0.6 is 0 Å². The monoisotopic (exact) mass is 363 g/mol. The first-order valence-electron chi connectivity index (χ1n) is 7.79. The summed E-state index contributed by atoms with van der Waals surface area (Å²) >= 11 is 0. The molecule has 0 fully saturated rings. The van der Waals surface area contributed by atoms with Gasteiger partial charge in [0.2, 0.25) is 0 Å². The average Bonchev–Trinajstić information content (AvgIpc) is 2.97. The van der Waals surface area contributed by atoms with E-state index >= 15 is 0 Å². The minimum absolute atomic E-state index is 0.140. The molecule has 0 saturated heterocycles. The van der Waals surface area contributed by atoms with Crippen LogP contribution < -0.4 is 0 Å². The number of aromatic carboxylic acids is 1. The van der Waals surface area contributed by atoms with Crippen molar-refractivity contribution in [2.24, 2.45) is 0 Å². The van der Waals surface area contributed by atoms with Gasteiger partial charge in [-0.1, -0.05) is 32.9 Å². The fourth-order valence-corrected chi connectivity index (χ4v) is 2.50. The minimum Gasteiger partial charge on any atom is -0.477 e. The number of hydrogen-bond donors (Lipinski definition) is 1. The van der Waals surface area contributed by atoms with Crippen molar-refractivity contribution in [2.75, 3.05) is 0 Å². The molecule has 0 unspecified atom stereocenters. The van der Waals surface area contributed by atoms with Crippen molar-refractivity contribution in [2.45, 2.75) is 32.4 Å². The lowest BCUT2D eigenvalue weighted by atomic mass is 9.93. The number of carboxylic acids is 1. The Labute approximate surface area is 147 Å². The second-order valence-corrected chi connectivity index (χ2v) is 6.96. The quantitative estimate of drug-likeness (QED) is 0.732. The molecule has 0 bridgehead atoms. The van der Waals surface area contributed by atoms with Gasteiger partial charge in [0.15, 0.2) is 11.3 Å². The SMILES string of the molecule is CC(C)(C)c1cc2nc(-c3cccc(C(F)(F)F)c3)cc(C(=O)O)n2n1. The molecule has 0 aliphatic carbocycles. The first-order valence-corrected chi connectivity index (χ1v) is 7.79. The summed E-state index contributed by atoms with van der Waals surface area (Å²) < 4.78 is 40.0. The van der Waals surface area contributed by atoms with E-state index in [4.69, 9.17) is 0 Å². The van der Waals surface area contributed by atoms with Crippen LogP contribution in [-0.4, -0.2) is 25.7 Å². The molecule has 0 amide bonds. The Kier molecular flexibility index (Phi) is 4.01. The van der Waals surface area contributed by atoms with E-state index in [1.165, 1.54) is 22.7 Å². The van der Waals surface area contributed by atoms with Gasteiger partial charge in [-0.25, -0.2) is 14.3 Å². The normalized spacial score (nSPS) is 12.5. The molecule has 26 heavy (non-hydrogen) atoms. The van der Waals surface area contributed by atoms with Crippen LogP contribution in [0.1, 0.15) is 42.5 Å². The maximum atomic E-state index is 12.9. The van der Waals surface area contributed by atoms with E-state index in [0.717, 1.165) is 12.1 Å². The number of aromatic nitrogens is 3. The third-order valence-electron chi connectivity index (χ3n) is 3.90. The highest BCUT2D eigenvalue weighted by molar-refractivity contribution is 5.88. The lowest BCUT2D eigenvalue weighted by Crippen LogP contribution is -2.13. The standard InChI is InChI=1S/C18H16F3N3O2/c1-17(2,3)14-9-15-22-12(8-13(16(25)26)24(15)23-14)10-5-4-6-11(7-10)18(19,20)21/h4-9H,1-3H3,(H,25,26). The molecule has 5 nitrogen and oxygen atoms in total. The van der Waals surface area contributed by atoms with Gasteiger partial charge < -0.3 is 5.11 Å². The number of fused-ring (bicyclic) bond motifs is 1. The topological polar surface area (TPSA) is 67.5 Å². The number of hydrogen-bond acceptors (Lipinski definition) is 3. The molecule has 0 atom stereocenters. The summed E-state index contributed by atoms with van der Waals surface area (Å²) in [7, 11) is 0. The maximum Gasteiger partial charge on any atom is 0.416 e. The Morgan fingerprint density at radius 1 is 1.12 bits per heavy atom. The number of carbonyl (C=O) groups is 1. The molecule has 0 saturated carbocycles. The summed E-state index contributed by atoms with van der Waals surface area (Å²) in [6.07, 6.45) is -4.49. The van der Waals surface area contributed by atoms with Gasteiger partial charge in [0, 0.05) is 17.0 Å². The molecule has 3 aromatic rings. The highest BCUT2D eigenvalue weighted by Gasteiger charge is 2.30. The summed E-state index contributed by atoms with van der Waals surface area (Å²) in [6.45, 7) is 5.76. The molecule has 0 radical (unpaired) electrons. The third kappa shape index (κ3) is 3.26. The van der Waals surface area contributed by atoms with Gasteiger partial charge in [-0.3, -0.25) is 0 Å². The number of rotatable bonds is 2. The van der Waals surface area contributed by atoms with Gasteiger partial charge in [0.25, 0.3) is 0 Å². The Morgan fingerprint density at radius 3 is 2.38 bits per heavy atom. The Balaban J connectivity index is 2.23. The summed E-state index contributed by atoms with van der Waals surface area (Å²) in [5, 5.41) is 13.8. The molecule has 1 N–H and O–H groups in total. The van der Waals surface area contributed by atoms with Crippen LogP contribution in [-0.2, 0) is 11.6 Å². The lowest BCUT2D eigenvalue weighted by molar-refractivity contribution is -0.137. The second-order valence-electron chi connectivity index (χ2n) is 6.96. The van der Waals surface area contributed by atoms with Gasteiger partial charge in [0.1, 0.15) is 0 Å². The van der Waals surface area contributed by atoms with E-state index in [2.05, 4.69) is 10.1 Å². The van der Waals surface area contributed by atoms with Crippen LogP contribution in [0.4, 0.5) is 13.2 Å². The van der Waals surface area contributed by atoms with Gasteiger partial charge >= 0.3 is 12.1 Å². The van der Waals surface area contributed by atoms with Crippen molar-refractivity contribution in [1.82, 2.24) is 14.6 Å². The molecule has 136 valence electrons. The highest BCUT2D eigenvalue weighted by atomic mass is 19.4. The molecule has 0 aliphatic heterocycles. The summed E-state index contributed by atoms with van der Waals surface area (Å²) in [6, 6.07) is 7.50. The largest absolute Gasteiger partial charge is 0.477 e. The van der Waals surface area contributed by atoms with Gasteiger partial charge in [-0.05, 0) is 18.2 Å². The maximum absolute atomic E-state index is 12.9. The fourth-order valence-electron chi connectivity index (χ4n) is 2.50. The minimum atomic E-state index is -4.49. The van der Waals surface area contributed by atoms with Gasteiger partial charge in [0.05, 0.1) is 17.0 Å². The molecule has 1 aromatic carbocycles. The number of halogens is 3. The van der Waals surface area contributed by atoms with E-state index < -0.39 is 17.7 Å². The molecular weight excluding hydrogens is 347 g/mol. The zero-order chi connectivity index (χ0) is 19.3. The average molecular weight is 363 g/mol. The number of carboxylic acid groups (broad SMARTS) is 1. The molecule has 0 spiro atoms. The van der Waals surface area contributed by atoms with Gasteiger partial charge in [-0.2, -0.15) is 18.3 Å². The van der Waals surface area contributed by atoms with Crippen molar-refractivity contribution in [3.8, 4) is 11.3 Å². The van der Waals surface area contributed by atoms with Crippen LogP contribution in [0.15, 0.2) is 36.4 Å². The lowest BCUT2D eigenvalue weighted by Gasteiger charge is -2.13. The second kappa shape index (κ2) is 5.82. The molecule has 0 aliphatic rings. The smallest absolute Gasteiger partial charge is 0.416 e. The first-order chi connectivity index (χ1) is 12.0. The predicted molar refractivity (Wildman–Crippen MR) is 89.1 cm³/mol. The number of benzene rings is 1. The summed E-state index contributed by atoms with van der Waals surface area (Å²) in [5.74, 6) is -1.24. The number of nitrogens with zero attached hydrogens (tertiary/aromatic N) is 3. The van der Waals surface area contributed by atoms with Crippen molar-refractivity contribution < 1.29 is 23.1 Å². The van der Waals surface area contributed by atoms with E-state index in [9.17, 15) is 23.1 Å². The third-order valence-corrected chi connectivity index (χ3v) is 3.90. The first kappa shape index (κ1) is 17.9. The van der Waals surface area contributed by atoms with Crippen LogP contribution in [0.5, 0.6) is 0 Å². The van der Waals surface area contributed by atoms with E-state index in [1.807, 2.05) is 20.8 Å². The van der Waals surface area contributed by atoms with Crippen molar-refractivity contribution >= 4 is 11.6 Å². The van der Waals surface area contributed by atoms with E-state index in [0.29, 0.717) is 5.69 Å². The molecule has 2 aromatic heterocycles. The molecular formula is C18H16F3N3O2. The number of alkyl halides is 3. The van der Waals surface area contributed by atoms with Gasteiger partial charge in [-0.15, -0.1) is 0 Å². The van der Waals surface area contributed by atoms with Crippen molar-refractivity contribution in [3.05, 3.63) is 53.3 Å². The highest BCUT2D eigenvalue weighted by Crippen LogP contribution is 2.32. The Morgan fingerprint density at radius 2 is 1.81 bits per heavy atom. The van der Waals surface area contributed by atoms with Crippen LogP contribution in [0.3, 0.4) is 0 Å². The van der Waals surface area contributed by atoms with E-state index in [1.54, 1.807) is 6.07 Å². The predicted octanol–water partition coefficient (Wildman–Crippen LogP) is 4.41. The summed E-state index contributed by atoms with van der Waals surface area (Å²) in [5.41, 5.74) is -0.101. The zero-order valence-corrected chi connectivity index (χ0v) is 14.3. The van der Waals surface area contributed by atoms with Crippen molar-refractivity contribution in [1.29, 1.82) is 0 Å². The zero-order valence-electron chi connectivity index (χ0n) is 14.3. The van der Waals surface area contributed by atoms with E-state index in [-0.39, 0.29) is 28.0 Å². The van der Waals surface area contributed by atoms with Crippen LogP contribution in [0.2, 0.25) is 0 Å². The Bertz CT molecular complexity index is 1000.